The molecule has 0 bridgehead atoms. The van der Waals surface area contributed by atoms with Gasteiger partial charge in [-0.1, -0.05) is 0 Å². The van der Waals surface area contributed by atoms with E-state index in [0.29, 0.717) is 5.92 Å². The van der Waals surface area contributed by atoms with Crippen LogP contribution in [0.5, 0.6) is 0 Å². The summed E-state index contributed by atoms with van der Waals surface area (Å²) in [6, 6.07) is 0. The minimum absolute atomic E-state index is 0.0618. The van der Waals surface area contributed by atoms with E-state index in [4.69, 9.17) is 9.72 Å². The lowest BCUT2D eigenvalue weighted by Gasteiger charge is -2.32. The van der Waals surface area contributed by atoms with Crippen molar-refractivity contribution in [3.05, 3.63) is 28.6 Å². The first-order chi connectivity index (χ1) is 11.1. The lowest BCUT2D eigenvalue weighted by atomic mass is 9.89. The van der Waals surface area contributed by atoms with Gasteiger partial charge in [-0.05, 0) is 56.5 Å². The van der Waals surface area contributed by atoms with E-state index in [0.717, 1.165) is 45.6 Å². The van der Waals surface area contributed by atoms with Crippen molar-refractivity contribution in [1.82, 2.24) is 15.2 Å². The van der Waals surface area contributed by atoms with Gasteiger partial charge in [0.2, 0.25) is 0 Å². The van der Waals surface area contributed by atoms with E-state index >= 15 is 0 Å². The lowest BCUT2D eigenvalue weighted by Crippen LogP contribution is -2.40. The molecule has 0 saturated carbocycles. The van der Waals surface area contributed by atoms with Gasteiger partial charge in [0.15, 0.2) is 0 Å². The van der Waals surface area contributed by atoms with Gasteiger partial charge in [0.05, 0.1) is 18.7 Å². The quantitative estimate of drug-likeness (QED) is 0.858. The van der Waals surface area contributed by atoms with Crippen molar-refractivity contribution in [3.63, 3.8) is 0 Å². The molecule has 2 saturated heterocycles. The standard InChI is InChI=1S/C18H27N3O2/c1-12-13(2)17(20-10-16(12)15-8-19-9-15)11-21-6-4-14(5-7-21)18(22)23-3/h10,14-15,19H,4-9,11H2,1-3H3. The van der Waals surface area contributed by atoms with Crippen molar-refractivity contribution in [2.24, 2.45) is 5.92 Å². The second kappa shape index (κ2) is 6.97. The first-order valence-corrected chi connectivity index (χ1v) is 8.56. The maximum absolute atomic E-state index is 11.6. The highest BCUT2D eigenvalue weighted by molar-refractivity contribution is 5.72. The Kier molecular flexibility index (Phi) is 4.97. The lowest BCUT2D eigenvalue weighted by molar-refractivity contribution is -0.147. The Bertz CT molecular complexity index is 576. The third kappa shape index (κ3) is 3.40. The van der Waals surface area contributed by atoms with Gasteiger partial charge in [-0.25, -0.2) is 0 Å². The van der Waals surface area contributed by atoms with Crippen molar-refractivity contribution in [3.8, 4) is 0 Å². The van der Waals surface area contributed by atoms with E-state index < -0.39 is 0 Å². The molecule has 2 aliphatic rings. The van der Waals surface area contributed by atoms with Gasteiger partial charge in [-0.3, -0.25) is 14.7 Å². The van der Waals surface area contributed by atoms with Crippen LogP contribution in [0.25, 0.3) is 0 Å². The third-order valence-corrected chi connectivity index (χ3v) is 5.50. The summed E-state index contributed by atoms with van der Waals surface area (Å²) in [5, 5.41) is 3.33. The number of likely N-dealkylation sites (tertiary alicyclic amines) is 1. The predicted molar refractivity (Wildman–Crippen MR) is 89.3 cm³/mol. The minimum Gasteiger partial charge on any atom is -0.469 e. The van der Waals surface area contributed by atoms with E-state index in [1.54, 1.807) is 0 Å². The van der Waals surface area contributed by atoms with Crippen LogP contribution in [0.3, 0.4) is 0 Å². The van der Waals surface area contributed by atoms with Crippen LogP contribution in [-0.4, -0.2) is 49.1 Å². The molecule has 0 aliphatic carbocycles. The molecule has 1 aromatic heterocycles. The zero-order chi connectivity index (χ0) is 16.4. The Labute approximate surface area is 138 Å². The summed E-state index contributed by atoms with van der Waals surface area (Å²) in [6.45, 7) is 9.31. The van der Waals surface area contributed by atoms with Crippen molar-refractivity contribution >= 4 is 5.97 Å². The number of hydrogen-bond acceptors (Lipinski definition) is 5. The number of ether oxygens (including phenoxy) is 1. The van der Waals surface area contributed by atoms with Gasteiger partial charge >= 0.3 is 5.97 Å². The molecule has 23 heavy (non-hydrogen) atoms. The zero-order valence-electron chi connectivity index (χ0n) is 14.4. The van der Waals surface area contributed by atoms with Gasteiger partial charge in [0.25, 0.3) is 0 Å². The van der Waals surface area contributed by atoms with Crippen molar-refractivity contribution in [1.29, 1.82) is 0 Å². The monoisotopic (exact) mass is 317 g/mol. The second-order valence-corrected chi connectivity index (χ2v) is 6.84. The molecule has 0 radical (unpaired) electrons. The molecule has 5 nitrogen and oxygen atoms in total. The number of pyridine rings is 1. The van der Waals surface area contributed by atoms with Gasteiger partial charge < -0.3 is 10.1 Å². The number of carbonyl (C=O) groups is 1. The van der Waals surface area contributed by atoms with E-state index in [1.807, 2.05) is 0 Å². The van der Waals surface area contributed by atoms with Gasteiger partial charge in [0, 0.05) is 31.7 Å². The molecular formula is C18H27N3O2. The molecule has 0 unspecified atom stereocenters. The maximum atomic E-state index is 11.6. The number of carbonyl (C=O) groups excluding carboxylic acids is 1. The third-order valence-electron chi connectivity index (χ3n) is 5.50. The number of methoxy groups -OCH3 is 1. The summed E-state index contributed by atoms with van der Waals surface area (Å²) in [5.41, 5.74) is 5.29. The fourth-order valence-electron chi connectivity index (χ4n) is 3.56. The van der Waals surface area contributed by atoms with Gasteiger partial charge in [-0.15, -0.1) is 0 Å². The molecule has 2 fully saturated rings. The fourth-order valence-corrected chi connectivity index (χ4v) is 3.56. The van der Waals surface area contributed by atoms with Crippen LogP contribution in [0.1, 0.15) is 41.1 Å². The van der Waals surface area contributed by atoms with Crippen LogP contribution in [0.4, 0.5) is 0 Å². The molecule has 2 aliphatic heterocycles. The van der Waals surface area contributed by atoms with Crippen LogP contribution >= 0.6 is 0 Å². The molecule has 5 heteroatoms. The number of aromatic nitrogens is 1. The van der Waals surface area contributed by atoms with Gasteiger partial charge in [-0.2, -0.15) is 0 Å². The maximum Gasteiger partial charge on any atom is 0.308 e. The molecule has 3 rings (SSSR count). The largest absolute Gasteiger partial charge is 0.469 e. The molecule has 0 spiro atoms. The SMILES string of the molecule is COC(=O)C1CCN(Cc2ncc(C3CNC3)c(C)c2C)CC1. The highest BCUT2D eigenvalue weighted by Gasteiger charge is 2.27. The molecule has 1 aromatic rings. The first-order valence-electron chi connectivity index (χ1n) is 8.56. The molecule has 1 N–H and O–H groups in total. The van der Waals surface area contributed by atoms with E-state index in [-0.39, 0.29) is 11.9 Å². The van der Waals surface area contributed by atoms with E-state index in [1.165, 1.54) is 29.5 Å². The summed E-state index contributed by atoms with van der Waals surface area (Å²) in [4.78, 5) is 18.8. The number of nitrogens with zero attached hydrogens (tertiary/aromatic N) is 2. The van der Waals surface area contributed by atoms with Crippen LogP contribution in [-0.2, 0) is 16.1 Å². The average Bonchev–Trinajstić information content (AvgIpc) is 2.52. The van der Waals surface area contributed by atoms with Crippen LogP contribution in [0.2, 0.25) is 0 Å². The Morgan fingerprint density at radius 1 is 1.30 bits per heavy atom. The molecule has 126 valence electrons. The molecule has 0 amide bonds. The van der Waals surface area contributed by atoms with Crippen LogP contribution in [0, 0.1) is 19.8 Å². The Morgan fingerprint density at radius 2 is 2.00 bits per heavy atom. The first kappa shape index (κ1) is 16.4. The summed E-state index contributed by atoms with van der Waals surface area (Å²) >= 11 is 0. The molecule has 0 atom stereocenters. The van der Waals surface area contributed by atoms with E-state index in [9.17, 15) is 4.79 Å². The molecular weight excluding hydrogens is 290 g/mol. The Morgan fingerprint density at radius 3 is 2.57 bits per heavy atom. The van der Waals surface area contributed by atoms with Crippen molar-refractivity contribution < 1.29 is 9.53 Å². The average molecular weight is 317 g/mol. The summed E-state index contributed by atoms with van der Waals surface area (Å²) in [6.07, 6.45) is 3.84. The minimum atomic E-state index is -0.0618. The summed E-state index contributed by atoms with van der Waals surface area (Å²) in [5.74, 6) is 0.639. The van der Waals surface area contributed by atoms with E-state index in [2.05, 4.69) is 30.3 Å². The number of rotatable bonds is 4. The Balaban J connectivity index is 1.62. The highest BCUT2D eigenvalue weighted by Crippen LogP contribution is 2.27. The van der Waals surface area contributed by atoms with Crippen molar-refractivity contribution in [2.45, 2.75) is 39.2 Å². The van der Waals surface area contributed by atoms with Crippen LogP contribution < -0.4 is 5.32 Å². The summed E-state index contributed by atoms with van der Waals surface area (Å²) < 4.78 is 4.85. The molecule has 3 heterocycles. The zero-order valence-corrected chi connectivity index (χ0v) is 14.4. The van der Waals surface area contributed by atoms with Gasteiger partial charge in [0.1, 0.15) is 0 Å². The van der Waals surface area contributed by atoms with Crippen LogP contribution in [0.15, 0.2) is 6.20 Å². The number of nitrogens with one attached hydrogen (secondary N) is 1. The highest BCUT2D eigenvalue weighted by atomic mass is 16.5. The summed E-state index contributed by atoms with van der Waals surface area (Å²) in [7, 11) is 1.48. The second-order valence-electron chi connectivity index (χ2n) is 6.84. The molecule has 0 aromatic carbocycles. The smallest absolute Gasteiger partial charge is 0.308 e. The number of esters is 1. The number of hydrogen-bond donors (Lipinski definition) is 1. The fraction of sp³-hybridized carbons (Fsp3) is 0.667. The Hall–Kier alpha value is -1.46. The van der Waals surface area contributed by atoms with Crippen molar-refractivity contribution in [2.75, 3.05) is 33.3 Å². The predicted octanol–water partition coefficient (Wildman–Crippen LogP) is 1.77. The topological polar surface area (TPSA) is 54.5 Å². The number of piperidine rings is 1. The normalized spacial score (nSPS) is 20.3.